The van der Waals surface area contributed by atoms with Gasteiger partial charge >= 0.3 is 0 Å². The van der Waals surface area contributed by atoms with Crippen LogP contribution in [0.2, 0.25) is 0 Å². The third-order valence-electron chi connectivity index (χ3n) is 5.68. The number of carbonyl (C=O) groups excluding carboxylic acids is 2. The summed E-state index contributed by atoms with van der Waals surface area (Å²) in [7, 11) is 1.94. The maximum absolute atomic E-state index is 12.6. The van der Waals surface area contributed by atoms with Crippen LogP contribution in [0.5, 0.6) is 0 Å². The maximum Gasteiger partial charge on any atom is 0.234 e. The number of fused-ring (bicyclic) bond motifs is 1. The van der Waals surface area contributed by atoms with E-state index < -0.39 is 0 Å². The Kier molecular flexibility index (Phi) is 4.61. The molecule has 1 aromatic heterocycles. The van der Waals surface area contributed by atoms with E-state index in [1.54, 1.807) is 11.0 Å². The zero-order valence-corrected chi connectivity index (χ0v) is 15.5. The van der Waals surface area contributed by atoms with Crippen LogP contribution in [-0.4, -0.2) is 50.1 Å². The zero-order chi connectivity index (χ0) is 19.0. The van der Waals surface area contributed by atoms with Gasteiger partial charge in [-0.05, 0) is 44.5 Å². The van der Waals surface area contributed by atoms with Crippen molar-refractivity contribution in [2.45, 2.75) is 25.8 Å². The van der Waals surface area contributed by atoms with Gasteiger partial charge in [0.05, 0.1) is 24.2 Å². The van der Waals surface area contributed by atoms with Crippen LogP contribution < -0.4 is 0 Å². The number of amides is 2. The largest absolute Gasteiger partial charge is 0.282 e. The van der Waals surface area contributed by atoms with Crippen molar-refractivity contribution in [2.24, 2.45) is 11.8 Å². The number of allylic oxidation sites excluding steroid dienone is 2. The summed E-state index contributed by atoms with van der Waals surface area (Å²) >= 11 is 0. The predicted octanol–water partition coefficient (Wildman–Crippen LogP) is 2.17. The van der Waals surface area contributed by atoms with E-state index in [0.29, 0.717) is 19.5 Å². The monoisotopic (exact) mass is 365 g/mol. The molecule has 1 aromatic carbocycles. The molecule has 0 bridgehead atoms. The highest BCUT2D eigenvalue weighted by molar-refractivity contribution is 6.05. The highest BCUT2D eigenvalue weighted by Crippen LogP contribution is 2.35. The first-order valence-electron chi connectivity index (χ1n) is 9.21. The fourth-order valence-electron chi connectivity index (χ4n) is 3.86. The van der Waals surface area contributed by atoms with Gasteiger partial charge < -0.3 is 0 Å². The van der Waals surface area contributed by atoms with Crippen molar-refractivity contribution in [2.75, 3.05) is 13.7 Å². The topological polar surface area (TPSA) is 71.3 Å². The van der Waals surface area contributed by atoms with Crippen LogP contribution >= 0.6 is 0 Å². The lowest BCUT2D eigenvalue weighted by Gasteiger charge is -2.29. The number of nitrogens with zero attached hydrogens (tertiary/aromatic N) is 5. The van der Waals surface area contributed by atoms with Crippen molar-refractivity contribution in [3.63, 3.8) is 0 Å². The van der Waals surface area contributed by atoms with Crippen LogP contribution in [0, 0.1) is 11.8 Å². The van der Waals surface area contributed by atoms with Gasteiger partial charge in [-0.15, -0.1) is 0 Å². The Hall–Kier alpha value is -2.80. The van der Waals surface area contributed by atoms with Crippen molar-refractivity contribution in [3.05, 3.63) is 54.6 Å². The number of hydrogen-bond donors (Lipinski definition) is 0. The van der Waals surface area contributed by atoms with Crippen LogP contribution in [0.3, 0.4) is 0 Å². The van der Waals surface area contributed by atoms with E-state index in [0.717, 1.165) is 11.3 Å². The molecule has 1 saturated heterocycles. The summed E-state index contributed by atoms with van der Waals surface area (Å²) in [5, 5.41) is 4.13. The number of likely N-dealkylation sites (tertiary alicyclic amines) is 1. The van der Waals surface area contributed by atoms with Gasteiger partial charge in [-0.2, -0.15) is 5.10 Å². The van der Waals surface area contributed by atoms with Crippen molar-refractivity contribution >= 4 is 11.8 Å². The second-order valence-electron chi connectivity index (χ2n) is 7.27. The molecule has 140 valence electrons. The Morgan fingerprint density at radius 3 is 2.30 bits per heavy atom. The molecule has 0 N–H and O–H groups in total. The third-order valence-corrected chi connectivity index (χ3v) is 5.68. The van der Waals surface area contributed by atoms with Gasteiger partial charge in [0.2, 0.25) is 11.8 Å². The summed E-state index contributed by atoms with van der Waals surface area (Å²) in [4.78, 5) is 32.7. The van der Waals surface area contributed by atoms with Gasteiger partial charge in [0, 0.05) is 6.04 Å². The molecule has 1 fully saturated rings. The van der Waals surface area contributed by atoms with E-state index in [1.807, 2.05) is 48.4 Å². The second kappa shape index (κ2) is 7.08. The lowest BCUT2D eigenvalue weighted by atomic mass is 9.85. The molecule has 3 atom stereocenters. The van der Waals surface area contributed by atoms with Gasteiger partial charge in [-0.1, -0.05) is 24.3 Å². The minimum atomic E-state index is -0.173. The number of benzene rings is 1. The number of rotatable bonds is 5. The molecule has 1 aliphatic carbocycles. The highest BCUT2D eigenvalue weighted by atomic mass is 16.2. The average molecular weight is 365 g/mol. The SMILES string of the molecule is C[C@@H](c1ccc(-n2cncn2)cc1)N(C)CN1C(=O)[C@H]2CC=CC[C@H]2C1=O. The Bertz CT molecular complexity index is 833. The normalized spacial score (nSPS) is 23.1. The highest BCUT2D eigenvalue weighted by Gasteiger charge is 2.47. The van der Waals surface area contributed by atoms with Crippen LogP contribution in [0.15, 0.2) is 49.1 Å². The van der Waals surface area contributed by atoms with Gasteiger partial charge in [-0.25, -0.2) is 9.67 Å². The zero-order valence-electron chi connectivity index (χ0n) is 15.5. The molecule has 4 rings (SSSR count). The second-order valence-corrected chi connectivity index (χ2v) is 7.27. The van der Waals surface area contributed by atoms with Crippen LogP contribution in [0.4, 0.5) is 0 Å². The number of carbonyl (C=O) groups is 2. The summed E-state index contributed by atoms with van der Waals surface area (Å²) in [6, 6.07) is 8.11. The number of imide groups is 1. The van der Waals surface area contributed by atoms with Crippen molar-refractivity contribution in [3.8, 4) is 5.69 Å². The first kappa shape index (κ1) is 17.6. The van der Waals surface area contributed by atoms with Gasteiger partial charge in [-0.3, -0.25) is 19.4 Å². The molecule has 0 radical (unpaired) electrons. The van der Waals surface area contributed by atoms with E-state index in [9.17, 15) is 9.59 Å². The van der Waals surface area contributed by atoms with Gasteiger partial charge in [0.1, 0.15) is 12.7 Å². The van der Waals surface area contributed by atoms with Crippen LogP contribution in [-0.2, 0) is 9.59 Å². The Labute approximate surface area is 158 Å². The summed E-state index contributed by atoms with van der Waals surface area (Å²) in [5.74, 6) is -0.411. The van der Waals surface area contributed by atoms with E-state index in [2.05, 4.69) is 17.0 Å². The first-order valence-corrected chi connectivity index (χ1v) is 9.21. The molecule has 0 saturated carbocycles. The Morgan fingerprint density at radius 1 is 1.11 bits per heavy atom. The molecular weight excluding hydrogens is 342 g/mol. The van der Waals surface area contributed by atoms with E-state index in [4.69, 9.17) is 0 Å². The van der Waals surface area contributed by atoms with Crippen molar-refractivity contribution < 1.29 is 9.59 Å². The molecule has 27 heavy (non-hydrogen) atoms. The minimum absolute atomic E-state index is 0.0325. The van der Waals surface area contributed by atoms with Crippen LogP contribution in [0.25, 0.3) is 5.69 Å². The molecular formula is C20H23N5O2. The third kappa shape index (κ3) is 3.19. The minimum Gasteiger partial charge on any atom is -0.282 e. The quantitative estimate of drug-likeness (QED) is 0.600. The standard InChI is InChI=1S/C20H23N5O2/c1-14(15-7-9-16(10-8-15)25-12-21-11-22-25)23(2)13-24-19(26)17-5-3-4-6-18(17)20(24)27/h3-4,7-12,14,17-18H,5-6,13H2,1-2H3/t14-,17-,18+/m0/s1. The fourth-order valence-corrected chi connectivity index (χ4v) is 3.86. The van der Waals surface area contributed by atoms with E-state index in [1.165, 1.54) is 11.2 Å². The molecule has 2 heterocycles. The van der Waals surface area contributed by atoms with Crippen LogP contribution in [0.1, 0.15) is 31.4 Å². The van der Waals surface area contributed by atoms with E-state index >= 15 is 0 Å². The number of hydrogen-bond acceptors (Lipinski definition) is 5. The lowest BCUT2D eigenvalue weighted by molar-refractivity contribution is -0.142. The number of aromatic nitrogens is 3. The molecule has 2 aromatic rings. The smallest absolute Gasteiger partial charge is 0.234 e. The Morgan fingerprint density at radius 2 is 1.74 bits per heavy atom. The molecule has 0 spiro atoms. The predicted molar refractivity (Wildman–Crippen MR) is 99.6 cm³/mol. The van der Waals surface area contributed by atoms with Crippen molar-refractivity contribution in [1.82, 2.24) is 24.6 Å². The molecule has 7 nitrogen and oxygen atoms in total. The summed E-state index contributed by atoms with van der Waals surface area (Å²) in [6.07, 6.45) is 8.53. The molecule has 0 unspecified atom stereocenters. The summed E-state index contributed by atoms with van der Waals surface area (Å²) in [6.45, 7) is 2.39. The maximum atomic E-state index is 12.6. The molecule has 2 amide bonds. The summed E-state index contributed by atoms with van der Waals surface area (Å²) in [5.41, 5.74) is 2.05. The Balaban J connectivity index is 1.44. The lowest BCUT2D eigenvalue weighted by Crippen LogP contribution is -2.41. The van der Waals surface area contributed by atoms with Gasteiger partial charge in [0.25, 0.3) is 0 Å². The first-order chi connectivity index (χ1) is 13.1. The molecule has 2 aliphatic rings. The van der Waals surface area contributed by atoms with Gasteiger partial charge in [0.15, 0.2) is 0 Å². The molecule has 1 aliphatic heterocycles. The van der Waals surface area contributed by atoms with E-state index in [-0.39, 0.29) is 29.7 Å². The fraction of sp³-hybridized carbons (Fsp3) is 0.400. The summed E-state index contributed by atoms with van der Waals surface area (Å²) < 4.78 is 1.70. The molecule has 7 heteroatoms. The average Bonchev–Trinajstić information content (AvgIpc) is 3.32. The van der Waals surface area contributed by atoms with Crippen molar-refractivity contribution in [1.29, 1.82) is 0 Å².